The maximum Gasteiger partial charge on any atom is 0.320 e. The molecular weight excluding hydrogens is 236 g/mol. The second kappa shape index (κ2) is 6.60. The fraction of sp³-hybridized carbons (Fsp3) is 0.562. The number of carbonyl (C=O) groups is 1. The summed E-state index contributed by atoms with van der Waals surface area (Å²) in [4.78, 5) is 16.4. The summed E-state index contributed by atoms with van der Waals surface area (Å²) in [5, 5.41) is 0. The van der Waals surface area contributed by atoms with Crippen LogP contribution in [0.4, 0.5) is 4.79 Å². The first kappa shape index (κ1) is 13.9. The van der Waals surface area contributed by atoms with Crippen molar-refractivity contribution < 1.29 is 4.79 Å². The maximum absolute atomic E-state index is 12.5. The van der Waals surface area contributed by atoms with Gasteiger partial charge in [-0.2, -0.15) is 0 Å². The number of piperidine rings is 1. The molecule has 104 valence electrons. The van der Waals surface area contributed by atoms with Crippen molar-refractivity contribution in [3.63, 3.8) is 0 Å². The van der Waals surface area contributed by atoms with Crippen LogP contribution in [0.15, 0.2) is 30.3 Å². The molecule has 0 radical (unpaired) electrons. The molecule has 0 bridgehead atoms. The van der Waals surface area contributed by atoms with E-state index in [1.165, 1.54) is 12.0 Å². The number of urea groups is 1. The van der Waals surface area contributed by atoms with Gasteiger partial charge in [0.2, 0.25) is 0 Å². The molecule has 0 aromatic heterocycles. The summed E-state index contributed by atoms with van der Waals surface area (Å²) < 4.78 is 0. The number of likely N-dealkylation sites (tertiary alicyclic amines) is 1. The minimum atomic E-state index is 0.176. The molecule has 0 spiro atoms. The third-order valence-electron chi connectivity index (χ3n) is 3.93. The van der Waals surface area contributed by atoms with Crippen molar-refractivity contribution in [3.8, 4) is 0 Å². The molecule has 1 fully saturated rings. The molecule has 1 atom stereocenters. The Balaban J connectivity index is 1.98. The largest absolute Gasteiger partial charge is 0.323 e. The first-order chi connectivity index (χ1) is 9.22. The van der Waals surface area contributed by atoms with Crippen LogP contribution in [-0.2, 0) is 6.54 Å². The quantitative estimate of drug-likeness (QED) is 0.816. The van der Waals surface area contributed by atoms with Gasteiger partial charge in [-0.3, -0.25) is 0 Å². The molecule has 19 heavy (non-hydrogen) atoms. The number of hydrogen-bond acceptors (Lipinski definition) is 1. The minimum absolute atomic E-state index is 0.176. The minimum Gasteiger partial charge on any atom is -0.323 e. The maximum atomic E-state index is 12.5. The van der Waals surface area contributed by atoms with Gasteiger partial charge < -0.3 is 9.80 Å². The molecule has 0 aliphatic carbocycles. The molecule has 0 N–H and O–H groups in total. The van der Waals surface area contributed by atoms with E-state index in [9.17, 15) is 4.79 Å². The van der Waals surface area contributed by atoms with E-state index in [0.717, 1.165) is 25.8 Å². The van der Waals surface area contributed by atoms with Crippen molar-refractivity contribution in [2.75, 3.05) is 13.6 Å². The van der Waals surface area contributed by atoms with Gasteiger partial charge in [-0.15, -0.1) is 0 Å². The van der Waals surface area contributed by atoms with Crippen LogP contribution in [-0.4, -0.2) is 35.5 Å². The Morgan fingerprint density at radius 2 is 2.05 bits per heavy atom. The van der Waals surface area contributed by atoms with Crippen molar-refractivity contribution in [1.29, 1.82) is 0 Å². The van der Waals surface area contributed by atoms with E-state index in [-0.39, 0.29) is 6.03 Å². The molecule has 1 unspecified atom stereocenters. The van der Waals surface area contributed by atoms with Crippen LogP contribution in [0, 0.1) is 0 Å². The summed E-state index contributed by atoms with van der Waals surface area (Å²) in [7, 11) is 1.90. The lowest BCUT2D eigenvalue weighted by molar-refractivity contribution is 0.119. The Bertz CT molecular complexity index is 404. The van der Waals surface area contributed by atoms with Gasteiger partial charge in [-0.25, -0.2) is 4.79 Å². The van der Waals surface area contributed by atoms with Gasteiger partial charge in [0.25, 0.3) is 0 Å². The monoisotopic (exact) mass is 260 g/mol. The Hall–Kier alpha value is -1.51. The van der Waals surface area contributed by atoms with Crippen LogP contribution in [0.5, 0.6) is 0 Å². The molecule has 1 heterocycles. The standard InChI is InChI=1S/C16H24N2O/c1-3-15-11-7-8-12-18(15)16(19)17(2)13-14-9-5-4-6-10-14/h4-6,9-10,15H,3,7-8,11-13H2,1-2H3. The van der Waals surface area contributed by atoms with Crippen LogP contribution in [0.3, 0.4) is 0 Å². The number of rotatable bonds is 3. The van der Waals surface area contributed by atoms with Crippen LogP contribution >= 0.6 is 0 Å². The molecule has 1 aliphatic rings. The lowest BCUT2D eigenvalue weighted by atomic mass is 10.0. The highest BCUT2D eigenvalue weighted by molar-refractivity contribution is 5.74. The van der Waals surface area contributed by atoms with Crippen molar-refractivity contribution >= 4 is 6.03 Å². The average molecular weight is 260 g/mol. The Morgan fingerprint density at radius 3 is 2.74 bits per heavy atom. The van der Waals surface area contributed by atoms with Crippen LogP contribution in [0.1, 0.15) is 38.2 Å². The van der Waals surface area contributed by atoms with E-state index in [1.54, 1.807) is 0 Å². The van der Waals surface area contributed by atoms with Crippen molar-refractivity contribution in [3.05, 3.63) is 35.9 Å². The van der Waals surface area contributed by atoms with E-state index in [0.29, 0.717) is 12.6 Å². The van der Waals surface area contributed by atoms with E-state index in [1.807, 2.05) is 30.1 Å². The van der Waals surface area contributed by atoms with Gasteiger partial charge in [-0.05, 0) is 31.2 Å². The summed E-state index contributed by atoms with van der Waals surface area (Å²) >= 11 is 0. The zero-order valence-electron chi connectivity index (χ0n) is 12.0. The Labute approximate surface area is 116 Å². The topological polar surface area (TPSA) is 23.6 Å². The average Bonchev–Trinajstić information content (AvgIpc) is 2.47. The zero-order valence-corrected chi connectivity index (χ0v) is 12.0. The zero-order chi connectivity index (χ0) is 13.7. The van der Waals surface area contributed by atoms with Crippen molar-refractivity contribution in [1.82, 2.24) is 9.80 Å². The SMILES string of the molecule is CCC1CCCCN1C(=O)N(C)Cc1ccccc1. The van der Waals surface area contributed by atoms with E-state index in [2.05, 4.69) is 24.0 Å². The predicted molar refractivity (Wildman–Crippen MR) is 77.9 cm³/mol. The number of nitrogens with zero attached hydrogens (tertiary/aromatic N) is 2. The third kappa shape index (κ3) is 3.49. The normalized spacial score (nSPS) is 19.3. The van der Waals surface area contributed by atoms with E-state index in [4.69, 9.17) is 0 Å². The lowest BCUT2D eigenvalue weighted by Crippen LogP contribution is -2.48. The number of benzene rings is 1. The molecular formula is C16H24N2O. The summed E-state index contributed by atoms with van der Waals surface area (Å²) in [5.41, 5.74) is 1.18. The highest BCUT2D eigenvalue weighted by atomic mass is 16.2. The van der Waals surface area contributed by atoms with Gasteiger partial charge >= 0.3 is 6.03 Å². The van der Waals surface area contributed by atoms with Crippen LogP contribution in [0.25, 0.3) is 0 Å². The van der Waals surface area contributed by atoms with Gasteiger partial charge in [-0.1, -0.05) is 37.3 Å². The predicted octanol–water partition coefficient (Wildman–Crippen LogP) is 3.50. The molecule has 2 rings (SSSR count). The number of carbonyl (C=O) groups excluding carboxylic acids is 1. The smallest absolute Gasteiger partial charge is 0.320 e. The van der Waals surface area contributed by atoms with E-state index >= 15 is 0 Å². The van der Waals surface area contributed by atoms with Crippen LogP contribution < -0.4 is 0 Å². The van der Waals surface area contributed by atoms with Crippen LogP contribution in [0.2, 0.25) is 0 Å². The first-order valence-corrected chi connectivity index (χ1v) is 7.28. The van der Waals surface area contributed by atoms with Gasteiger partial charge in [0.1, 0.15) is 0 Å². The van der Waals surface area contributed by atoms with Crippen molar-refractivity contribution in [2.45, 2.75) is 45.2 Å². The molecule has 2 amide bonds. The fourth-order valence-corrected chi connectivity index (χ4v) is 2.82. The van der Waals surface area contributed by atoms with Crippen molar-refractivity contribution in [2.24, 2.45) is 0 Å². The highest BCUT2D eigenvalue weighted by Crippen LogP contribution is 2.21. The molecule has 1 saturated heterocycles. The van der Waals surface area contributed by atoms with Gasteiger partial charge in [0.15, 0.2) is 0 Å². The van der Waals surface area contributed by atoms with E-state index < -0.39 is 0 Å². The Kier molecular flexibility index (Phi) is 4.83. The Morgan fingerprint density at radius 1 is 1.32 bits per heavy atom. The molecule has 0 saturated carbocycles. The lowest BCUT2D eigenvalue weighted by Gasteiger charge is -2.37. The molecule has 1 aromatic rings. The third-order valence-corrected chi connectivity index (χ3v) is 3.93. The second-order valence-corrected chi connectivity index (χ2v) is 5.38. The summed E-state index contributed by atoms with van der Waals surface area (Å²) in [6.45, 7) is 3.77. The number of amides is 2. The molecule has 3 nitrogen and oxygen atoms in total. The van der Waals surface area contributed by atoms with Gasteiger partial charge in [0.05, 0.1) is 0 Å². The summed E-state index contributed by atoms with van der Waals surface area (Å²) in [6.07, 6.45) is 4.61. The summed E-state index contributed by atoms with van der Waals surface area (Å²) in [5.74, 6) is 0. The first-order valence-electron chi connectivity index (χ1n) is 7.28. The summed E-state index contributed by atoms with van der Waals surface area (Å²) in [6, 6.07) is 10.8. The molecule has 1 aliphatic heterocycles. The fourth-order valence-electron chi connectivity index (χ4n) is 2.82. The number of hydrogen-bond donors (Lipinski definition) is 0. The van der Waals surface area contributed by atoms with Gasteiger partial charge in [0, 0.05) is 26.2 Å². The second-order valence-electron chi connectivity index (χ2n) is 5.38. The highest BCUT2D eigenvalue weighted by Gasteiger charge is 2.27. The molecule has 1 aromatic carbocycles. The molecule has 3 heteroatoms.